The maximum absolute atomic E-state index is 13.2. The molecule has 0 radical (unpaired) electrons. The molecule has 1 saturated heterocycles. The van der Waals surface area contributed by atoms with Crippen molar-refractivity contribution < 1.29 is 14.6 Å². The fourth-order valence-electron chi connectivity index (χ4n) is 10.5. The summed E-state index contributed by atoms with van der Waals surface area (Å²) >= 11 is 0. The summed E-state index contributed by atoms with van der Waals surface area (Å²) in [5.41, 5.74) is 0.371. The molecule has 6 fully saturated rings. The predicted octanol–water partition coefficient (Wildman–Crippen LogP) is 4.90. The highest BCUT2D eigenvalue weighted by Crippen LogP contribution is 2.77. The van der Waals surface area contributed by atoms with Crippen LogP contribution < -0.4 is 0 Å². The third kappa shape index (κ3) is 1.84. The summed E-state index contributed by atoms with van der Waals surface area (Å²) in [4.78, 5) is 13.2. The molecule has 156 valence electrons. The van der Waals surface area contributed by atoms with Gasteiger partial charge < -0.3 is 9.84 Å². The van der Waals surface area contributed by atoms with Crippen LogP contribution in [0.4, 0.5) is 0 Å². The fraction of sp³-hybridized carbons (Fsp3) is 0.960. The van der Waals surface area contributed by atoms with Crippen molar-refractivity contribution in [3.63, 3.8) is 0 Å². The lowest BCUT2D eigenvalue weighted by Crippen LogP contribution is -2.60. The molecule has 0 amide bonds. The second-order valence-electron chi connectivity index (χ2n) is 12.1. The smallest absolute Gasteiger partial charge is 0.136 e. The molecular weight excluding hydrogens is 348 g/mol. The van der Waals surface area contributed by atoms with Gasteiger partial charge in [0, 0.05) is 17.3 Å². The third-order valence-electron chi connectivity index (χ3n) is 11.7. The zero-order valence-electron chi connectivity index (χ0n) is 18.0. The molecule has 0 unspecified atom stereocenters. The maximum atomic E-state index is 13.2. The number of fused-ring (bicyclic) bond motifs is 6. The van der Waals surface area contributed by atoms with Gasteiger partial charge in [-0.3, -0.25) is 4.79 Å². The van der Waals surface area contributed by atoms with E-state index in [1.807, 2.05) is 6.92 Å². The van der Waals surface area contributed by atoms with Gasteiger partial charge in [0.15, 0.2) is 0 Å². The molecule has 3 nitrogen and oxygen atoms in total. The van der Waals surface area contributed by atoms with Gasteiger partial charge in [-0.25, -0.2) is 0 Å². The Labute approximate surface area is 170 Å². The van der Waals surface area contributed by atoms with Crippen LogP contribution in [0.3, 0.4) is 0 Å². The second-order valence-corrected chi connectivity index (χ2v) is 12.1. The van der Waals surface area contributed by atoms with Gasteiger partial charge in [-0.05, 0) is 87.4 Å². The van der Waals surface area contributed by atoms with E-state index in [0.717, 1.165) is 37.5 Å². The number of epoxide rings is 1. The van der Waals surface area contributed by atoms with Crippen molar-refractivity contribution in [2.75, 3.05) is 0 Å². The predicted molar refractivity (Wildman–Crippen MR) is 108 cm³/mol. The molecule has 28 heavy (non-hydrogen) atoms. The lowest BCUT2D eigenvalue weighted by Gasteiger charge is -2.61. The van der Waals surface area contributed by atoms with Gasteiger partial charge >= 0.3 is 0 Å². The molecular formula is C25H38O3. The summed E-state index contributed by atoms with van der Waals surface area (Å²) in [6.45, 7) is 6.93. The minimum Gasteiger partial charge on any atom is -0.393 e. The molecule has 10 atom stereocenters. The quantitative estimate of drug-likeness (QED) is 0.652. The van der Waals surface area contributed by atoms with Crippen LogP contribution in [0.1, 0.15) is 91.4 Å². The van der Waals surface area contributed by atoms with Gasteiger partial charge in [0.05, 0.1) is 12.2 Å². The number of ether oxygens (including phenoxy) is 1. The summed E-state index contributed by atoms with van der Waals surface area (Å²) < 4.78 is 6.48. The topological polar surface area (TPSA) is 49.8 Å². The summed E-state index contributed by atoms with van der Waals surface area (Å²) in [7, 11) is 0. The first-order valence-electron chi connectivity index (χ1n) is 12.2. The summed E-state index contributed by atoms with van der Waals surface area (Å²) in [6.07, 6.45) is 13.1. The average molecular weight is 387 g/mol. The molecule has 0 aromatic carbocycles. The van der Waals surface area contributed by atoms with Gasteiger partial charge in [0.25, 0.3) is 0 Å². The van der Waals surface area contributed by atoms with E-state index in [1.54, 1.807) is 0 Å². The minimum absolute atomic E-state index is 0.0246. The third-order valence-corrected chi connectivity index (χ3v) is 11.7. The molecule has 0 aromatic heterocycles. The van der Waals surface area contributed by atoms with Crippen LogP contribution in [-0.4, -0.2) is 28.7 Å². The average Bonchev–Trinajstić information content (AvgIpc) is 3.27. The number of aliphatic hydroxyl groups is 1. The van der Waals surface area contributed by atoms with E-state index in [2.05, 4.69) is 13.8 Å². The Kier molecular flexibility index (Phi) is 3.57. The number of Topliss-reactive ketones (excluding diaryl/α,β-unsaturated/α-hetero) is 1. The zero-order valence-corrected chi connectivity index (χ0v) is 18.0. The van der Waals surface area contributed by atoms with E-state index in [1.165, 1.54) is 44.9 Å². The van der Waals surface area contributed by atoms with Crippen LogP contribution in [0.15, 0.2) is 0 Å². The number of aliphatic hydroxyl groups excluding tert-OH is 1. The van der Waals surface area contributed by atoms with E-state index in [-0.39, 0.29) is 27.9 Å². The van der Waals surface area contributed by atoms with Crippen molar-refractivity contribution in [3.8, 4) is 0 Å². The lowest BCUT2D eigenvalue weighted by molar-refractivity contribution is -0.154. The normalized spacial score (nSPS) is 62.0. The van der Waals surface area contributed by atoms with Gasteiger partial charge in [-0.2, -0.15) is 0 Å². The lowest BCUT2D eigenvalue weighted by atomic mass is 9.42. The molecule has 0 bridgehead atoms. The first kappa shape index (κ1) is 18.4. The largest absolute Gasteiger partial charge is 0.393 e. The number of hydrogen-bond donors (Lipinski definition) is 1. The molecule has 6 rings (SSSR count). The highest BCUT2D eigenvalue weighted by molar-refractivity contribution is 5.84. The molecule has 5 aliphatic carbocycles. The van der Waals surface area contributed by atoms with Crippen molar-refractivity contribution in [2.45, 2.75) is 109 Å². The SMILES string of the molecule is CC(=O)[C@@]12CCCC[C@H]1C[C@H]1[C@@H]3C[C@@H]4O[C@@]45C[C@@H](O)CC[C@]5(C)[C@@H]3CC[C@@]12C. The maximum Gasteiger partial charge on any atom is 0.136 e. The van der Waals surface area contributed by atoms with Crippen molar-refractivity contribution in [3.05, 3.63) is 0 Å². The van der Waals surface area contributed by atoms with Crippen LogP contribution >= 0.6 is 0 Å². The first-order chi connectivity index (χ1) is 13.3. The van der Waals surface area contributed by atoms with Crippen LogP contribution in [-0.2, 0) is 9.53 Å². The molecule has 0 aromatic rings. The van der Waals surface area contributed by atoms with Crippen LogP contribution in [0.2, 0.25) is 0 Å². The number of rotatable bonds is 1. The summed E-state index contributed by atoms with van der Waals surface area (Å²) in [5.74, 6) is 3.27. The molecule has 6 aliphatic rings. The highest BCUT2D eigenvalue weighted by Gasteiger charge is 2.77. The minimum atomic E-state index is -0.168. The van der Waals surface area contributed by atoms with E-state index in [9.17, 15) is 9.90 Å². The second kappa shape index (κ2) is 5.44. The Morgan fingerprint density at radius 1 is 0.964 bits per heavy atom. The van der Waals surface area contributed by atoms with Crippen molar-refractivity contribution >= 4 is 5.78 Å². The van der Waals surface area contributed by atoms with Crippen molar-refractivity contribution in [1.82, 2.24) is 0 Å². The molecule has 1 N–H and O–H groups in total. The van der Waals surface area contributed by atoms with E-state index in [0.29, 0.717) is 23.7 Å². The van der Waals surface area contributed by atoms with Crippen LogP contribution in [0, 0.1) is 39.9 Å². The summed E-state index contributed by atoms with van der Waals surface area (Å²) in [5, 5.41) is 10.4. The summed E-state index contributed by atoms with van der Waals surface area (Å²) in [6, 6.07) is 0. The van der Waals surface area contributed by atoms with Gasteiger partial charge in [0.1, 0.15) is 11.4 Å². The van der Waals surface area contributed by atoms with Crippen LogP contribution in [0.5, 0.6) is 0 Å². The Morgan fingerprint density at radius 3 is 2.54 bits per heavy atom. The molecule has 1 heterocycles. The van der Waals surface area contributed by atoms with Gasteiger partial charge in [-0.15, -0.1) is 0 Å². The van der Waals surface area contributed by atoms with Crippen molar-refractivity contribution in [2.24, 2.45) is 39.9 Å². The standard InChI is InChI=1S/C25H38O3/c1-15(26)24-9-5-4-6-16(24)12-20-18-13-21-25(28-21)14-17(27)7-10-23(25,3)19(18)8-11-22(20,24)2/h16-21,27H,4-14H2,1-3H3/t16-,17-,18+,19+,20-,21-,22-,23+,24-,25-/m0/s1. The Morgan fingerprint density at radius 2 is 1.75 bits per heavy atom. The number of carbonyl (C=O) groups excluding carboxylic acids is 1. The van der Waals surface area contributed by atoms with Crippen molar-refractivity contribution in [1.29, 1.82) is 0 Å². The zero-order chi connectivity index (χ0) is 19.5. The fourth-order valence-corrected chi connectivity index (χ4v) is 10.5. The number of ketones is 1. The van der Waals surface area contributed by atoms with E-state index >= 15 is 0 Å². The molecule has 1 spiro atoms. The first-order valence-corrected chi connectivity index (χ1v) is 12.2. The Hall–Kier alpha value is -0.410. The van der Waals surface area contributed by atoms with E-state index in [4.69, 9.17) is 4.74 Å². The number of carbonyl (C=O) groups is 1. The monoisotopic (exact) mass is 386 g/mol. The molecule has 5 saturated carbocycles. The molecule has 3 heteroatoms. The highest BCUT2D eigenvalue weighted by atomic mass is 16.6. The van der Waals surface area contributed by atoms with E-state index < -0.39 is 0 Å². The Bertz CT molecular complexity index is 719. The van der Waals surface area contributed by atoms with Crippen LogP contribution in [0.25, 0.3) is 0 Å². The Balaban J connectivity index is 1.40. The van der Waals surface area contributed by atoms with Gasteiger partial charge in [-0.1, -0.05) is 26.7 Å². The molecule has 1 aliphatic heterocycles. The van der Waals surface area contributed by atoms with Gasteiger partial charge in [0.2, 0.25) is 0 Å². The number of hydrogen-bond acceptors (Lipinski definition) is 3.